The van der Waals surface area contributed by atoms with E-state index in [1.807, 2.05) is 4.90 Å². The number of benzene rings is 1. The third-order valence-electron chi connectivity index (χ3n) is 5.23. The molecule has 4 rings (SSSR count). The molecule has 1 N–H and O–H groups in total. The minimum Gasteiger partial charge on any atom is -0.339 e. The molecule has 0 bridgehead atoms. The summed E-state index contributed by atoms with van der Waals surface area (Å²) in [5.74, 6) is -2.41. The van der Waals surface area contributed by atoms with Crippen LogP contribution in [0, 0.1) is 0 Å². The van der Waals surface area contributed by atoms with Crippen LogP contribution in [0.15, 0.2) is 33.9 Å². The van der Waals surface area contributed by atoms with Crippen LogP contribution in [0.5, 0.6) is 0 Å². The third kappa shape index (κ3) is 4.16. The molecule has 0 saturated carbocycles. The molecule has 2 aromatic heterocycles. The number of carbonyl (C=O) groups excluding carboxylic acids is 1. The Labute approximate surface area is 195 Å². The maximum Gasteiger partial charge on any atom is 0.493 e. The van der Waals surface area contributed by atoms with Gasteiger partial charge in [-0.05, 0) is 18.6 Å². The van der Waals surface area contributed by atoms with E-state index in [0.29, 0.717) is 38.3 Å². The normalized spacial score (nSPS) is 14.6. The van der Waals surface area contributed by atoms with E-state index >= 15 is 0 Å². The minimum absolute atomic E-state index is 0.0136. The first-order chi connectivity index (χ1) is 16.1. The van der Waals surface area contributed by atoms with Crippen molar-refractivity contribution >= 4 is 34.7 Å². The number of rotatable bonds is 5. The highest BCUT2D eigenvalue weighted by Crippen LogP contribution is 2.29. The number of anilines is 1. The summed E-state index contributed by atoms with van der Waals surface area (Å²) in [5, 5.41) is 3.44. The maximum atomic E-state index is 13.3. The van der Waals surface area contributed by atoms with Crippen molar-refractivity contribution in [2.75, 3.05) is 31.1 Å². The van der Waals surface area contributed by atoms with E-state index in [2.05, 4.69) is 15.1 Å². The highest BCUT2D eigenvalue weighted by molar-refractivity contribution is 6.32. The Balaban J connectivity index is 2.09. The molecule has 0 amide bonds. The number of nitrogens with zero attached hydrogens (tertiary/aromatic N) is 5. The zero-order valence-corrected chi connectivity index (χ0v) is 18.7. The number of alkyl halides is 3. The summed E-state index contributed by atoms with van der Waals surface area (Å²) in [4.78, 5) is 48.4. The fourth-order valence-corrected chi connectivity index (χ4v) is 3.96. The molecular formula is C20H20ClF3N6O4. The molecule has 0 spiro atoms. The zero-order valence-electron chi connectivity index (χ0n) is 17.9. The highest BCUT2D eigenvalue weighted by Gasteiger charge is 2.43. The Morgan fingerprint density at radius 2 is 1.88 bits per heavy atom. The van der Waals surface area contributed by atoms with Gasteiger partial charge in [-0.1, -0.05) is 35.4 Å². The summed E-state index contributed by atoms with van der Waals surface area (Å²) in [6, 6.07) is 6.52. The van der Waals surface area contributed by atoms with Crippen LogP contribution in [-0.2, 0) is 11.3 Å². The number of fused-ring (bicyclic) bond motifs is 1. The van der Waals surface area contributed by atoms with Crippen molar-refractivity contribution in [2.24, 2.45) is 0 Å². The fourth-order valence-electron chi connectivity index (χ4n) is 3.74. The van der Waals surface area contributed by atoms with Gasteiger partial charge in [-0.3, -0.25) is 13.9 Å². The SMILES string of the molecule is CCCn1c(=O)n(OC(=O)C(F)(F)F)c(=O)c2c1nc(N1CCNCC1)n2-c1ccccc1Cl. The highest BCUT2D eigenvalue weighted by atomic mass is 35.5. The van der Waals surface area contributed by atoms with E-state index in [1.165, 1.54) is 4.57 Å². The predicted octanol–water partition coefficient (Wildman–Crippen LogP) is 1.34. The fraction of sp³-hybridized carbons (Fsp3) is 0.400. The Morgan fingerprint density at radius 1 is 1.21 bits per heavy atom. The summed E-state index contributed by atoms with van der Waals surface area (Å²) in [5.41, 5.74) is -2.48. The van der Waals surface area contributed by atoms with Gasteiger partial charge >= 0.3 is 23.4 Å². The van der Waals surface area contributed by atoms with Gasteiger partial charge in [0.15, 0.2) is 11.2 Å². The molecule has 1 fully saturated rings. The summed E-state index contributed by atoms with van der Waals surface area (Å²) in [7, 11) is 0. The van der Waals surface area contributed by atoms with Crippen LogP contribution >= 0.6 is 11.6 Å². The average molecular weight is 501 g/mol. The van der Waals surface area contributed by atoms with Gasteiger partial charge in [0.25, 0.3) is 0 Å². The maximum absolute atomic E-state index is 13.3. The minimum atomic E-state index is -5.41. The summed E-state index contributed by atoms with van der Waals surface area (Å²) >= 11 is 6.40. The van der Waals surface area contributed by atoms with Crippen LogP contribution < -0.4 is 26.3 Å². The standard InChI is InChI=1S/C20H20ClF3N6O4/c1-2-9-28-15-14(16(31)30(19(28)33)34-17(32)20(22,23)24)29(13-6-4-3-5-12(13)21)18(26-15)27-10-7-25-8-11-27/h3-6,25H,2,7-11H2,1H3. The van der Waals surface area contributed by atoms with Crippen LogP contribution in [0.4, 0.5) is 19.1 Å². The smallest absolute Gasteiger partial charge is 0.339 e. The van der Waals surface area contributed by atoms with Gasteiger partial charge < -0.3 is 15.1 Å². The van der Waals surface area contributed by atoms with Crippen molar-refractivity contribution < 1.29 is 22.8 Å². The first-order valence-electron chi connectivity index (χ1n) is 10.4. The molecule has 1 aromatic carbocycles. The number of halogens is 4. The van der Waals surface area contributed by atoms with E-state index < -0.39 is 23.4 Å². The number of hydrogen-bond donors (Lipinski definition) is 1. The van der Waals surface area contributed by atoms with Crippen molar-refractivity contribution in [3.63, 3.8) is 0 Å². The van der Waals surface area contributed by atoms with Gasteiger partial charge in [-0.25, -0.2) is 9.59 Å². The predicted molar refractivity (Wildman–Crippen MR) is 118 cm³/mol. The van der Waals surface area contributed by atoms with Crippen LogP contribution in [-0.4, -0.2) is 57.2 Å². The molecule has 0 atom stereocenters. The number of aromatic nitrogens is 4. The number of imidazole rings is 1. The summed E-state index contributed by atoms with van der Waals surface area (Å²) in [6.07, 6.45) is -5.02. The second kappa shape index (κ2) is 9.14. The first kappa shape index (κ1) is 23.8. The molecule has 3 heterocycles. The number of para-hydroxylation sites is 1. The van der Waals surface area contributed by atoms with Gasteiger partial charge in [0.1, 0.15) is 0 Å². The molecule has 1 aliphatic heterocycles. The largest absolute Gasteiger partial charge is 0.493 e. The topological polar surface area (TPSA) is 103 Å². The van der Waals surface area contributed by atoms with Crippen molar-refractivity contribution in [1.82, 2.24) is 24.2 Å². The molecule has 182 valence electrons. The molecule has 14 heteroatoms. The van der Waals surface area contributed by atoms with E-state index in [9.17, 15) is 27.6 Å². The van der Waals surface area contributed by atoms with E-state index in [1.54, 1.807) is 31.2 Å². The van der Waals surface area contributed by atoms with Crippen molar-refractivity contribution in [2.45, 2.75) is 26.1 Å². The number of nitrogens with one attached hydrogen (secondary N) is 1. The molecular weight excluding hydrogens is 481 g/mol. The second-order valence-corrected chi connectivity index (χ2v) is 7.93. The lowest BCUT2D eigenvalue weighted by atomic mass is 10.3. The van der Waals surface area contributed by atoms with Gasteiger partial charge in [0, 0.05) is 32.7 Å². The van der Waals surface area contributed by atoms with Crippen molar-refractivity contribution in [3.8, 4) is 5.69 Å². The molecule has 1 aliphatic rings. The van der Waals surface area contributed by atoms with Crippen LogP contribution in [0.3, 0.4) is 0 Å². The lowest BCUT2D eigenvalue weighted by Crippen LogP contribution is -2.48. The van der Waals surface area contributed by atoms with Gasteiger partial charge in [-0.15, -0.1) is 0 Å². The van der Waals surface area contributed by atoms with Crippen LogP contribution in [0.2, 0.25) is 5.02 Å². The van der Waals surface area contributed by atoms with E-state index in [0.717, 1.165) is 4.57 Å². The first-order valence-corrected chi connectivity index (χ1v) is 10.8. The lowest BCUT2D eigenvalue weighted by molar-refractivity contribution is -0.200. The molecule has 0 radical (unpaired) electrons. The quantitative estimate of drug-likeness (QED) is 0.564. The Hall–Kier alpha value is -3.32. The number of piperazine rings is 1. The number of aryl methyl sites for hydroxylation is 1. The Kier molecular flexibility index (Phi) is 6.41. The molecule has 10 nitrogen and oxygen atoms in total. The third-order valence-corrected chi connectivity index (χ3v) is 5.55. The zero-order chi connectivity index (χ0) is 24.6. The molecule has 0 aliphatic carbocycles. The second-order valence-electron chi connectivity index (χ2n) is 7.52. The van der Waals surface area contributed by atoms with Crippen molar-refractivity contribution in [3.05, 3.63) is 50.1 Å². The Bertz CT molecular complexity index is 1360. The summed E-state index contributed by atoms with van der Waals surface area (Å²) in [6.45, 7) is 4.03. The number of hydrogen-bond acceptors (Lipinski definition) is 7. The molecule has 1 saturated heterocycles. The van der Waals surface area contributed by atoms with Gasteiger partial charge in [0.2, 0.25) is 5.95 Å². The van der Waals surface area contributed by atoms with Crippen LogP contribution in [0.25, 0.3) is 16.9 Å². The molecule has 3 aromatic rings. The molecule has 34 heavy (non-hydrogen) atoms. The van der Waals surface area contributed by atoms with Crippen molar-refractivity contribution in [1.29, 1.82) is 0 Å². The van der Waals surface area contributed by atoms with E-state index in [4.69, 9.17) is 11.6 Å². The Morgan fingerprint density at radius 3 is 2.50 bits per heavy atom. The van der Waals surface area contributed by atoms with Gasteiger partial charge in [-0.2, -0.15) is 18.2 Å². The molecule has 0 unspecified atom stereocenters. The van der Waals surface area contributed by atoms with Crippen LogP contribution in [0.1, 0.15) is 13.3 Å². The summed E-state index contributed by atoms with van der Waals surface area (Å²) < 4.78 is 40.8. The van der Waals surface area contributed by atoms with E-state index in [-0.39, 0.29) is 33.4 Å². The average Bonchev–Trinajstić information content (AvgIpc) is 3.20. The lowest BCUT2D eigenvalue weighted by Gasteiger charge is -2.28. The monoisotopic (exact) mass is 500 g/mol. The van der Waals surface area contributed by atoms with Gasteiger partial charge in [0.05, 0.1) is 10.7 Å². The number of carbonyl (C=O) groups is 1.